The molecule has 0 aliphatic heterocycles. The summed E-state index contributed by atoms with van der Waals surface area (Å²) in [6.07, 6.45) is 6.32. The highest BCUT2D eigenvalue weighted by atomic mass is 16.5. The number of aryl methyl sites for hydroxylation is 1. The van der Waals surface area contributed by atoms with E-state index in [1.165, 1.54) is 0 Å². The van der Waals surface area contributed by atoms with E-state index in [9.17, 15) is 0 Å². The van der Waals surface area contributed by atoms with Crippen LogP contribution >= 0.6 is 0 Å². The molecule has 1 unspecified atom stereocenters. The molecule has 0 aromatic carbocycles. The van der Waals surface area contributed by atoms with Crippen LogP contribution < -0.4 is 10.8 Å². The average molecular weight is 380 g/mol. The second kappa shape index (κ2) is 8.57. The first-order chi connectivity index (χ1) is 13.5. The van der Waals surface area contributed by atoms with E-state index in [4.69, 9.17) is 15.6 Å². The van der Waals surface area contributed by atoms with Crippen molar-refractivity contribution in [1.29, 1.82) is 10.8 Å². The lowest BCUT2D eigenvalue weighted by Crippen LogP contribution is -2.29. The van der Waals surface area contributed by atoms with Crippen LogP contribution in [0.25, 0.3) is 11.3 Å². The minimum Gasteiger partial charge on any atom is -0.381 e. The molecule has 1 atom stereocenters. The lowest BCUT2D eigenvalue weighted by Gasteiger charge is -2.15. The molecule has 0 aliphatic carbocycles. The molecule has 9 nitrogen and oxygen atoms in total. The summed E-state index contributed by atoms with van der Waals surface area (Å²) in [5.41, 5.74) is 1.69. The molecule has 3 aromatic rings. The van der Waals surface area contributed by atoms with Crippen molar-refractivity contribution < 1.29 is 4.74 Å². The third-order valence-electron chi connectivity index (χ3n) is 4.47. The maximum Gasteiger partial charge on any atom is 0.228 e. The summed E-state index contributed by atoms with van der Waals surface area (Å²) in [5.74, 6) is 1.55. The van der Waals surface area contributed by atoms with Gasteiger partial charge in [-0.1, -0.05) is 6.92 Å². The molecule has 0 bridgehead atoms. The number of ether oxygens (including phenoxy) is 1. The summed E-state index contributed by atoms with van der Waals surface area (Å²) in [6.45, 7) is 2.02. The van der Waals surface area contributed by atoms with Gasteiger partial charge in [0.1, 0.15) is 17.1 Å². The molecule has 3 N–H and O–H groups in total. The molecular formula is C19H24N8O. The Morgan fingerprint density at radius 2 is 2.11 bits per heavy atom. The minimum atomic E-state index is -0.0263. The number of pyridine rings is 1. The maximum atomic E-state index is 8.30. The number of aromatic nitrogens is 5. The van der Waals surface area contributed by atoms with E-state index in [1.54, 1.807) is 47.1 Å². The van der Waals surface area contributed by atoms with Crippen molar-refractivity contribution in [3.8, 4) is 11.3 Å². The Bertz CT molecular complexity index is 1020. The van der Waals surface area contributed by atoms with Crippen LogP contribution in [0.3, 0.4) is 0 Å². The van der Waals surface area contributed by atoms with Crippen molar-refractivity contribution >= 4 is 17.6 Å². The summed E-state index contributed by atoms with van der Waals surface area (Å²) >= 11 is 0. The van der Waals surface area contributed by atoms with Gasteiger partial charge in [-0.2, -0.15) is 5.10 Å². The van der Waals surface area contributed by atoms with E-state index in [0.29, 0.717) is 23.9 Å². The normalized spacial score (nSPS) is 12.0. The summed E-state index contributed by atoms with van der Waals surface area (Å²) < 4.78 is 8.58. The summed E-state index contributed by atoms with van der Waals surface area (Å²) in [7, 11) is 3.47. The largest absolute Gasteiger partial charge is 0.381 e. The van der Waals surface area contributed by atoms with Crippen LogP contribution in [0.15, 0.2) is 42.9 Å². The predicted molar refractivity (Wildman–Crippen MR) is 107 cm³/mol. The van der Waals surface area contributed by atoms with E-state index in [0.717, 1.165) is 17.8 Å². The SMILES string of the molecule is CCC(CC(=N)n1ccc(-c2ccnc(Nc3ccnn3C)n2)cc1=N)OC. The average Bonchev–Trinajstić information content (AvgIpc) is 3.10. The quantitative estimate of drug-likeness (QED) is 0.430. The lowest BCUT2D eigenvalue weighted by molar-refractivity contribution is 0.105. The molecule has 0 spiro atoms. The zero-order chi connectivity index (χ0) is 20.1. The maximum absolute atomic E-state index is 8.30. The fraction of sp³-hybridized carbons (Fsp3) is 0.316. The fourth-order valence-corrected chi connectivity index (χ4v) is 2.79. The Labute approximate surface area is 163 Å². The molecule has 0 saturated heterocycles. The zero-order valence-electron chi connectivity index (χ0n) is 16.2. The van der Waals surface area contributed by atoms with Crippen LogP contribution in [0.1, 0.15) is 19.8 Å². The smallest absolute Gasteiger partial charge is 0.228 e. The van der Waals surface area contributed by atoms with E-state index in [1.807, 2.05) is 26.1 Å². The molecule has 0 aliphatic rings. The third kappa shape index (κ3) is 4.32. The van der Waals surface area contributed by atoms with Gasteiger partial charge in [-0.15, -0.1) is 0 Å². The monoisotopic (exact) mass is 380 g/mol. The number of rotatable bonds is 7. The Kier molecular flexibility index (Phi) is 5.95. The topological polar surface area (TPSA) is 117 Å². The van der Waals surface area contributed by atoms with E-state index < -0.39 is 0 Å². The molecule has 3 aromatic heterocycles. The summed E-state index contributed by atoms with van der Waals surface area (Å²) in [6, 6.07) is 7.16. The first-order valence-corrected chi connectivity index (χ1v) is 8.98. The molecule has 0 amide bonds. The van der Waals surface area contributed by atoms with Gasteiger partial charge < -0.3 is 10.1 Å². The molecule has 3 rings (SSSR count). The summed E-state index contributed by atoms with van der Waals surface area (Å²) in [5, 5.41) is 23.8. The first-order valence-electron chi connectivity index (χ1n) is 8.98. The van der Waals surface area contributed by atoms with E-state index in [-0.39, 0.29) is 11.6 Å². The molecule has 146 valence electrons. The van der Waals surface area contributed by atoms with Crippen LogP contribution in [0.5, 0.6) is 0 Å². The van der Waals surface area contributed by atoms with Gasteiger partial charge in [-0.05, 0) is 24.6 Å². The van der Waals surface area contributed by atoms with E-state index >= 15 is 0 Å². The van der Waals surface area contributed by atoms with Gasteiger partial charge in [0.15, 0.2) is 0 Å². The van der Waals surface area contributed by atoms with Crippen molar-refractivity contribution in [2.75, 3.05) is 12.4 Å². The standard InChI is InChI=1S/C19H24N8O/c1-4-14(28-3)12-17(21)27-10-7-13(11-16(27)20)15-5-8-22-19(24-15)25-18-6-9-23-26(18)2/h5-11,14,20-21H,4,12H2,1-3H3,(H,22,24,25). The van der Waals surface area contributed by atoms with Gasteiger partial charge >= 0.3 is 0 Å². The highest BCUT2D eigenvalue weighted by Crippen LogP contribution is 2.18. The number of methoxy groups -OCH3 is 1. The van der Waals surface area contributed by atoms with Crippen LogP contribution in [-0.2, 0) is 11.8 Å². The number of nitrogens with one attached hydrogen (secondary N) is 3. The number of hydrogen-bond donors (Lipinski definition) is 3. The Balaban J connectivity index is 1.82. The molecule has 0 saturated carbocycles. The molecule has 0 radical (unpaired) electrons. The van der Waals surface area contributed by atoms with Crippen molar-refractivity contribution in [2.24, 2.45) is 7.05 Å². The fourth-order valence-electron chi connectivity index (χ4n) is 2.79. The predicted octanol–water partition coefficient (Wildman–Crippen LogP) is 2.54. The summed E-state index contributed by atoms with van der Waals surface area (Å²) in [4.78, 5) is 8.76. The zero-order valence-corrected chi connectivity index (χ0v) is 16.2. The molecule has 3 heterocycles. The van der Waals surface area contributed by atoms with Crippen LogP contribution in [-0.4, -0.2) is 43.4 Å². The van der Waals surface area contributed by atoms with Crippen LogP contribution in [0, 0.1) is 10.8 Å². The van der Waals surface area contributed by atoms with Crippen molar-refractivity contribution in [3.63, 3.8) is 0 Å². The second-order valence-corrected chi connectivity index (χ2v) is 6.32. The van der Waals surface area contributed by atoms with Crippen molar-refractivity contribution in [3.05, 3.63) is 48.3 Å². The molecule has 28 heavy (non-hydrogen) atoms. The van der Waals surface area contributed by atoms with Gasteiger partial charge in [-0.3, -0.25) is 20.1 Å². The number of nitrogens with zero attached hydrogens (tertiary/aromatic N) is 5. The van der Waals surface area contributed by atoms with Gasteiger partial charge in [0.05, 0.1) is 18.0 Å². The Hall–Kier alpha value is -3.33. The van der Waals surface area contributed by atoms with Crippen LogP contribution in [0.2, 0.25) is 0 Å². The molecular weight excluding hydrogens is 356 g/mol. The Morgan fingerprint density at radius 1 is 1.29 bits per heavy atom. The van der Waals surface area contributed by atoms with E-state index in [2.05, 4.69) is 20.4 Å². The lowest BCUT2D eigenvalue weighted by atomic mass is 10.1. The van der Waals surface area contributed by atoms with Gasteiger partial charge in [0, 0.05) is 44.6 Å². The van der Waals surface area contributed by atoms with Crippen molar-refractivity contribution in [1.82, 2.24) is 24.3 Å². The minimum absolute atomic E-state index is 0.0263. The highest BCUT2D eigenvalue weighted by Gasteiger charge is 2.11. The second-order valence-electron chi connectivity index (χ2n) is 6.32. The van der Waals surface area contributed by atoms with Gasteiger partial charge in [0.25, 0.3) is 0 Å². The molecule has 9 heteroatoms. The van der Waals surface area contributed by atoms with Gasteiger partial charge in [-0.25, -0.2) is 9.97 Å². The number of anilines is 2. The van der Waals surface area contributed by atoms with Gasteiger partial charge in [0.2, 0.25) is 5.95 Å². The van der Waals surface area contributed by atoms with Crippen molar-refractivity contribution in [2.45, 2.75) is 25.9 Å². The van der Waals surface area contributed by atoms with Crippen LogP contribution in [0.4, 0.5) is 11.8 Å². The molecule has 0 fully saturated rings. The Morgan fingerprint density at radius 3 is 2.75 bits per heavy atom. The first kappa shape index (κ1) is 19.4. The third-order valence-corrected chi connectivity index (χ3v) is 4.47. The number of hydrogen-bond acceptors (Lipinski definition) is 7. The highest BCUT2D eigenvalue weighted by molar-refractivity contribution is 5.82.